The lowest BCUT2D eigenvalue weighted by molar-refractivity contribution is -0.133. The Kier molecular flexibility index (Phi) is 4.84. The molecule has 1 unspecified atom stereocenters. The highest BCUT2D eigenvalue weighted by Crippen LogP contribution is 2.18. The molecule has 0 aromatic carbocycles. The normalized spacial score (nSPS) is 26.8. The number of hydrogen-bond acceptors (Lipinski definition) is 4. The molecule has 0 saturated carbocycles. The van der Waals surface area contributed by atoms with Crippen LogP contribution in [0.3, 0.4) is 0 Å². The highest BCUT2D eigenvalue weighted by molar-refractivity contribution is 7.91. The predicted molar refractivity (Wildman–Crippen MR) is 74.7 cm³/mol. The summed E-state index contributed by atoms with van der Waals surface area (Å²) >= 11 is 0. The lowest BCUT2D eigenvalue weighted by atomic mass is 10.1. The SMILES string of the molecule is CCN(CC(=O)N1CCCCC1)C1CCS(=O)(=O)C1. The van der Waals surface area contributed by atoms with Crippen LogP contribution in [0.1, 0.15) is 32.6 Å². The number of rotatable bonds is 4. The van der Waals surface area contributed by atoms with Crippen LogP contribution in [-0.4, -0.2) is 67.9 Å². The number of carbonyl (C=O) groups excluding carboxylic acids is 1. The Balaban J connectivity index is 1.90. The maximum absolute atomic E-state index is 12.2. The number of piperidine rings is 1. The molecule has 1 amide bonds. The van der Waals surface area contributed by atoms with Crippen LogP contribution in [0.4, 0.5) is 0 Å². The third-order valence-corrected chi connectivity index (χ3v) is 5.93. The second-order valence-electron chi connectivity index (χ2n) is 5.56. The molecule has 0 spiro atoms. The van der Waals surface area contributed by atoms with Gasteiger partial charge in [-0.25, -0.2) is 8.42 Å². The Morgan fingerprint density at radius 1 is 1.26 bits per heavy atom. The number of amides is 1. The van der Waals surface area contributed by atoms with Gasteiger partial charge in [0.05, 0.1) is 18.1 Å². The van der Waals surface area contributed by atoms with Crippen molar-refractivity contribution in [1.29, 1.82) is 0 Å². The highest BCUT2D eigenvalue weighted by atomic mass is 32.2. The van der Waals surface area contributed by atoms with Crippen molar-refractivity contribution in [3.63, 3.8) is 0 Å². The van der Waals surface area contributed by atoms with Gasteiger partial charge in [0.1, 0.15) is 0 Å². The van der Waals surface area contributed by atoms with Gasteiger partial charge in [0.2, 0.25) is 5.91 Å². The van der Waals surface area contributed by atoms with Crippen molar-refractivity contribution < 1.29 is 13.2 Å². The minimum absolute atomic E-state index is 0.0312. The van der Waals surface area contributed by atoms with Gasteiger partial charge >= 0.3 is 0 Å². The van der Waals surface area contributed by atoms with Crippen LogP contribution in [0.5, 0.6) is 0 Å². The number of hydrogen-bond donors (Lipinski definition) is 0. The molecule has 2 rings (SSSR count). The van der Waals surface area contributed by atoms with E-state index in [4.69, 9.17) is 0 Å². The zero-order valence-electron chi connectivity index (χ0n) is 11.7. The summed E-state index contributed by atoms with van der Waals surface area (Å²) < 4.78 is 23.1. The zero-order chi connectivity index (χ0) is 13.9. The molecule has 19 heavy (non-hydrogen) atoms. The average Bonchev–Trinajstić information content (AvgIpc) is 2.77. The summed E-state index contributed by atoms with van der Waals surface area (Å²) in [6, 6.07) is 0.0312. The standard InChI is InChI=1S/C13H24N2O3S/c1-2-14(12-6-9-19(17,18)11-12)10-13(16)15-7-4-3-5-8-15/h12H,2-11H2,1H3. The van der Waals surface area contributed by atoms with Crippen molar-refractivity contribution >= 4 is 15.7 Å². The van der Waals surface area contributed by atoms with Gasteiger partial charge in [0.25, 0.3) is 0 Å². The Labute approximate surface area is 115 Å². The van der Waals surface area contributed by atoms with Crippen LogP contribution >= 0.6 is 0 Å². The Hall–Kier alpha value is -0.620. The summed E-state index contributed by atoms with van der Waals surface area (Å²) in [5.41, 5.74) is 0. The van der Waals surface area contributed by atoms with Crippen LogP contribution in [0.25, 0.3) is 0 Å². The van der Waals surface area contributed by atoms with E-state index >= 15 is 0 Å². The first-order valence-electron chi connectivity index (χ1n) is 7.24. The van der Waals surface area contributed by atoms with Gasteiger partial charge < -0.3 is 4.90 Å². The first-order valence-corrected chi connectivity index (χ1v) is 9.06. The molecule has 110 valence electrons. The van der Waals surface area contributed by atoms with Crippen molar-refractivity contribution in [2.24, 2.45) is 0 Å². The molecule has 0 N–H and O–H groups in total. The zero-order valence-corrected chi connectivity index (χ0v) is 12.5. The molecular formula is C13H24N2O3S. The topological polar surface area (TPSA) is 57.7 Å². The fraction of sp³-hybridized carbons (Fsp3) is 0.923. The Morgan fingerprint density at radius 2 is 1.95 bits per heavy atom. The molecule has 0 aromatic heterocycles. The average molecular weight is 288 g/mol. The summed E-state index contributed by atoms with van der Waals surface area (Å²) in [7, 11) is -2.88. The summed E-state index contributed by atoms with van der Waals surface area (Å²) in [6.45, 7) is 4.82. The number of likely N-dealkylation sites (N-methyl/N-ethyl adjacent to an activating group) is 1. The monoisotopic (exact) mass is 288 g/mol. The molecule has 0 aromatic rings. The van der Waals surface area contributed by atoms with Gasteiger partial charge in [-0.2, -0.15) is 0 Å². The predicted octanol–water partition coefficient (Wildman–Crippen LogP) is 0.508. The summed E-state index contributed by atoms with van der Waals surface area (Å²) in [5.74, 6) is 0.644. The molecule has 2 fully saturated rings. The number of nitrogens with zero attached hydrogens (tertiary/aromatic N) is 2. The van der Waals surface area contributed by atoms with E-state index in [9.17, 15) is 13.2 Å². The fourth-order valence-corrected chi connectivity index (χ4v) is 4.74. The maximum atomic E-state index is 12.2. The molecule has 5 nitrogen and oxygen atoms in total. The Bertz CT molecular complexity index is 416. The minimum atomic E-state index is -2.88. The molecule has 1 atom stereocenters. The first kappa shape index (κ1) is 14.8. The molecule has 0 bridgehead atoms. The van der Waals surface area contributed by atoms with Crippen molar-refractivity contribution in [2.45, 2.75) is 38.6 Å². The number of carbonyl (C=O) groups is 1. The lowest BCUT2D eigenvalue weighted by Gasteiger charge is -2.31. The number of likely N-dealkylation sites (tertiary alicyclic amines) is 1. The smallest absolute Gasteiger partial charge is 0.236 e. The quantitative estimate of drug-likeness (QED) is 0.756. The van der Waals surface area contributed by atoms with Gasteiger partial charge in [-0.05, 0) is 32.2 Å². The van der Waals surface area contributed by atoms with Gasteiger partial charge in [-0.3, -0.25) is 9.69 Å². The van der Waals surface area contributed by atoms with Crippen molar-refractivity contribution in [3.05, 3.63) is 0 Å². The van der Waals surface area contributed by atoms with Gasteiger partial charge in [-0.1, -0.05) is 6.92 Å². The molecule has 2 saturated heterocycles. The molecule has 0 radical (unpaired) electrons. The van der Waals surface area contributed by atoms with Gasteiger partial charge in [-0.15, -0.1) is 0 Å². The van der Waals surface area contributed by atoms with E-state index in [-0.39, 0.29) is 23.5 Å². The van der Waals surface area contributed by atoms with Gasteiger partial charge in [0, 0.05) is 19.1 Å². The van der Waals surface area contributed by atoms with Crippen LogP contribution in [0.2, 0.25) is 0 Å². The second-order valence-corrected chi connectivity index (χ2v) is 7.79. The van der Waals surface area contributed by atoms with Crippen LogP contribution in [0, 0.1) is 0 Å². The van der Waals surface area contributed by atoms with Crippen LogP contribution < -0.4 is 0 Å². The molecular weight excluding hydrogens is 264 g/mol. The van der Waals surface area contributed by atoms with Crippen molar-refractivity contribution in [1.82, 2.24) is 9.80 Å². The van der Waals surface area contributed by atoms with Crippen molar-refractivity contribution in [3.8, 4) is 0 Å². The van der Waals surface area contributed by atoms with E-state index in [1.54, 1.807) is 0 Å². The maximum Gasteiger partial charge on any atom is 0.236 e. The molecule has 2 aliphatic rings. The molecule has 2 heterocycles. The first-order chi connectivity index (χ1) is 9.02. The summed E-state index contributed by atoms with van der Waals surface area (Å²) in [6.07, 6.45) is 4.07. The van der Waals surface area contributed by atoms with Crippen LogP contribution in [0.15, 0.2) is 0 Å². The van der Waals surface area contributed by atoms with E-state index in [1.165, 1.54) is 6.42 Å². The minimum Gasteiger partial charge on any atom is -0.342 e. The third kappa shape index (κ3) is 3.92. The van der Waals surface area contributed by atoms with E-state index in [2.05, 4.69) is 0 Å². The third-order valence-electron chi connectivity index (χ3n) is 4.18. The van der Waals surface area contributed by atoms with E-state index < -0.39 is 9.84 Å². The van der Waals surface area contributed by atoms with Crippen molar-refractivity contribution in [2.75, 3.05) is 37.7 Å². The molecule has 2 aliphatic heterocycles. The lowest BCUT2D eigenvalue weighted by Crippen LogP contribution is -2.46. The fourth-order valence-electron chi connectivity index (χ4n) is 2.98. The highest BCUT2D eigenvalue weighted by Gasteiger charge is 2.33. The Morgan fingerprint density at radius 3 is 2.47 bits per heavy atom. The number of sulfone groups is 1. The summed E-state index contributed by atoms with van der Waals surface area (Å²) in [5, 5.41) is 0. The van der Waals surface area contributed by atoms with E-state index in [1.807, 2.05) is 16.7 Å². The van der Waals surface area contributed by atoms with Gasteiger partial charge in [0.15, 0.2) is 9.84 Å². The molecule has 6 heteroatoms. The van der Waals surface area contributed by atoms with E-state index in [0.29, 0.717) is 13.0 Å². The summed E-state index contributed by atoms with van der Waals surface area (Å²) in [4.78, 5) is 16.2. The second kappa shape index (κ2) is 6.22. The van der Waals surface area contributed by atoms with Crippen LogP contribution in [-0.2, 0) is 14.6 Å². The largest absolute Gasteiger partial charge is 0.342 e. The van der Waals surface area contributed by atoms with E-state index in [0.717, 1.165) is 32.5 Å². The molecule has 0 aliphatic carbocycles.